The second kappa shape index (κ2) is 10.0. The fraction of sp³-hybridized carbons (Fsp3) is 0.667. The fourth-order valence-electron chi connectivity index (χ4n) is 3.36. The van der Waals surface area contributed by atoms with Crippen LogP contribution in [-0.4, -0.2) is 63.7 Å². The van der Waals surface area contributed by atoms with E-state index in [-0.39, 0.29) is 22.3 Å². The van der Waals surface area contributed by atoms with Crippen LogP contribution in [0.5, 0.6) is 0 Å². The van der Waals surface area contributed by atoms with Crippen molar-refractivity contribution >= 4 is 15.9 Å². The number of nitrogens with one attached hydrogen (secondary N) is 2. The maximum atomic E-state index is 12.9. The molecule has 1 aromatic carbocycles. The first-order valence-corrected chi connectivity index (χ1v) is 11.7. The minimum Gasteiger partial charge on any atom is -0.379 e. The maximum absolute atomic E-state index is 12.9. The van der Waals surface area contributed by atoms with Crippen molar-refractivity contribution in [1.82, 2.24) is 14.9 Å². The van der Waals surface area contributed by atoms with E-state index in [0.717, 1.165) is 18.7 Å². The Morgan fingerprint density at radius 2 is 1.76 bits per heavy atom. The number of nitrogens with zero attached hydrogens (tertiary/aromatic N) is 1. The van der Waals surface area contributed by atoms with E-state index in [1.165, 1.54) is 0 Å². The van der Waals surface area contributed by atoms with Gasteiger partial charge in [-0.05, 0) is 45.2 Å². The summed E-state index contributed by atoms with van der Waals surface area (Å²) in [5.41, 5.74) is 0.739. The molecule has 0 spiro atoms. The van der Waals surface area contributed by atoms with Gasteiger partial charge >= 0.3 is 0 Å². The van der Waals surface area contributed by atoms with Crippen LogP contribution in [0.2, 0.25) is 0 Å². The van der Waals surface area contributed by atoms with E-state index in [9.17, 15) is 13.2 Å². The molecule has 1 amide bonds. The predicted molar refractivity (Wildman–Crippen MR) is 114 cm³/mol. The lowest BCUT2D eigenvalue weighted by Gasteiger charge is -2.41. The molecule has 1 heterocycles. The molecule has 1 saturated heterocycles. The number of carbonyl (C=O) groups excluding carboxylic acids is 1. The van der Waals surface area contributed by atoms with Crippen LogP contribution in [0.4, 0.5) is 0 Å². The van der Waals surface area contributed by atoms with Gasteiger partial charge < -0.3 is 10.1 Å². The maximum Gasteiger partial charge on any atom is 0.241 e. The molecule has 164 valence electrons. The zero-order chi connectivity index (χ0) is 21.7. The van der Waals surface area contributed by atoms with Crippen molar-refractivity contribution in [1.29, 1.82) is 0 Å². The minimum atomic E-state index is -3.78. The van der Waals surface area contributed by atoms with E-state index in [4.69, 9.17) is 4.74 Å². The molecule has 1 atom stereocenters. The van der Waals surface area contributed by atoms with Crippen molar-refractivity contribution in [2.24, 2.45) is 5.92 Å². The largest absolute Gasteiger partial charge is 0.379 e. The number of ether oxygens (including phenoxy) is 1. The number of sulfonamides is 1. The Kier molecular flexibility index (Phi) is 8.22. The Balaban J connectivity index is 2.06. The first-order valence-electron chi connectivity index (χ1n) is 10.2. The van der Waals surface area contributed by atoms with Gasteiger partial charge in [-0.2, -0.15) is 4.72 Å². The van der Waals surface area contributed by atoms with Gasteiger partial charge in [0.15, 0.2) is 0 Å². The SMILES string of the molecule is Cc1ccc(S(=O)(=O)N[C@H](CC(C)C)C(=O)NCC(C)(C)N2CCOCC2)cc1. The van der Waals surface area contributed by atoms with Crippen molar-refractivity contribution in [3.8, 4) is 0 Å². The average molecular weight is 426 g/mol. The number of aryl methyl sites for hydroxylation is 1. The Morgan fingerprint density at radius 3 is 2.31 bits per heavy atom. The number of amides is 1. The number of morpholine rings is 1. The average Bonchev–Trinajstić information content (AvgIpc) is 2.66. The molecule has 0 aliphatic carbocycles. The first-order chi connectivity index (χ1) is 13.5. The fourth-order valence-corrected chi connectivity index (χ4v) is 4.57. The summed E-state index contributed by atoms with van der Waals surface area (Å²) in [7, 11) is -3.78. The number of benzene rings is 1. The summed E-state index contributed by atoms with van der Waals surface area (Å²) < 4.78 is 33.6. The van der Waals surface area contributed by atoms with Gasteiger partial charge in [0, 0.05) is 25.2 Å². The number of rotatable bonds is 9. The smallest absolute Gasteiger partial charge is 0.241 e. The summed E-state index contributed by atoms with van der Waals surface area (Å²) in [6.07, 6.45) is 0.426. The first kappa shape index (κ1) is 23.8. The highest BCUT2D eigenvalue weighted by atomic mass is 32.2. The molecule has 0 saturated carbocycles. The summed E-state index contributed by atoms with van der Waals surface area (Å²) in [5, 5.41) is 2.96. The van der Waals surface area contributed by atoms with Crippen LogP contribution in [0.15, 0.2) is 29.2 Å². The van der Waals surface area contributed by atoms with Crippen LogP contribution >= 0.6 is 0 Å². The van der Waals surface area contributed by atoms with Crippen LogP contribution in [0.1, 0.15) is 39.7 Å². The molecular formula is C21H35N3O4S. The summed E-state index contributed by atoms with van der Waals surface area (Å²) in [4.78, 5) is 15.3. The van der Waals surface area contributed by atoms with E-state index in [1.807, 2.05) is 20.8 Å². The lowest BCUT2D eigenvalue weighted by molar-refractivity contribution is -0.123. The lowest BCUT2D eigenvalue weighted by Crippen LogP contribution is -2.57. The zero-order valence-corrected chi connectivity index (χ0v) is 19.0. The molecule has 8 heteroatoms. The normalized spacial score (nSPS) is 17.3. The van der Waals surface area contributed by atoms with Crippen molar-refractivity contribution < 1.29 is 17.9 Å². The van der Waals surface area contributed by atoms with Gasteiger partial charge in [-0.3, -0.25) is 9.69 Å². The topological polar surface area (TPSA) is 87.7 Å². The van der Waals surface area contributed by atoms with E-state index in [0.29, 0.717) is 26.2 Å². The summed E-state index contributed by atoms with van der Waals surface area (Å²) >= 11 is 0. The molecule has 0 radical (unpaired) electrons. The van der Waals surface area contributed by atoms with Gasteiger partial charge in [0.2, 0.25) is 15.9 Å². The van der Waals surface area contributed by atoms with Gasteiger partial charge in [-0.1, -0.05) is 31.5 Å². The number of carbonyl (C=O) groups is 1. The highest BCUT2D eigenvalue weighted by Crippen LogP contribution is 2.16. The molecule has 2 rings (SSSR count). The Labute approximate surface area is 175 Å². The van der Waals surface area contributed by atoms with Crippen molar-refractivity contribution in [3.05, 3.63) is 29.8 Å². The number of hydrogen-bond donors (Lipinski definition) is 2. The third-order valence-corrected chi connectivity index (χ3v) is 6.70. The monoisotopic (exact) mass is 425 g/mol. The van der Waals surface area contributed by atoms with Crippen LogP contribution in [0.3, 0.4) is 0 Å². The molecule has 0 aromatic heterocycles. The van der Waals surface area contributed by atoms with Gasteiger partial charge in [0.1, 0.15) is 6.04 Å². The third-order valence-electron chi connectivity index (χ3n) is 5.21. The van der Waals surface area contributed by atoms with Crippen LogP contribution < -0.4 is 10.0 Å². The third kappa shape index (κ3) is 7.06. The van der Waals surface area contributed by atoms with Crippen LogP contribution in [0, 0.1) is 12.8 Å². The summed E-state index contributed by atoms with van der Waals surface area (Å²) in [5.74, 6) is -0.130. The minimum absolute atomic E-state index is 0.165. The van der Waals surface area contributed by atoms with Crippen molar-refractivity contribution in [2.45, 2.75) is 57.5 Å². The van der Waals surface area contributed by atoms with Crippen LogP contribution in [-0.2, 0) is 19.6 Å². The van der Waals surface area contributed by atoms with E-state index >= 15 is 0 Å². The molecule has 2 N–H and O–H groups in total. The molecule has 1 aromatic rings. The molecule has 1 fully saturated rings. The number of hydrogen-bond acceptors (Lipinski definition) is 5. The van der Waals surface area contributed by atoms with Gasteiger partial charge in [-0.25, -0.2) is 8.42 Å². The Hall–Kier alpha value is -1.48. The molecular weight excluding hydrogens is 390 g/mol. The molecule has 1 aliphatic heterocycles. The Bertz CT molecular complexity index is 770. The second-order valence-electron chi connectivity index (χ2n) is 8.75. The highest BCUT2D eigenvalue weighted by Gasteiger charge is 2.31. The van der Waals surface area contributed by atoms with Gasteiger partial charge in [0.05, 0.1) is 18.1 Å². The van der Waals surface area contributed by atoms with Gasteiger partial charge in [0.25, 0.3) is 0 Å². The van der Waals surface area contributed by atoms with Gasteiger partial charge in [-0.15, -0.1) is 0 Å². The van der Waals surface area contributed by atoms with Crippen molar-refractivity contribution in [2.75, 3.05) is 32.8 Å². The lowest BCUT2D eigenvalue weighted by atomic mass is 10.0. The van der Waals surface area contributed by atoms with E-state index in [1.54, 1.807) is 24.3 Å². The molecule has 0 bridgehead atoms. The molecule has 0 unspecified atom stereocenters. The molecule has 1 aliphatic rings. The highest BCUT2D eigenvalue weighted by molar-refractivity contribution is 7.89. The molecule has 29 heavy (non-hydrogen) atoms. The quantitative estimate of drug-likeness (QED) is 0.631. The van der Waals surface area contributed by atoms with E-state index < -0.39 is 16.1 Å². The Morgan fingerprint density at radius 1 is 1.17 bits per heavy atom. The zero-order valence-electron chi connectivity index (χ0n) is 18.2. The van der Waals surface area contributed by atoms with E-state index in [2.05, 4.69) is 28.8 Å². The van der Waals surface area contributed by atoms with Crippen molar-refractivity contribution in [3.63, 3.8) is 0 Å². The predicted octanol–water partition coefficient (Wildman–Crippen LogP) is 1.92. The van der Waals surface area contributed by atoms with Crippen LogP contribution in [0.25, 0.3) is 0 Å². The molecule has 7 nitrogen and oxygen atoms in total. The summed E-state index contributed by atoms with van der Waals surface area (Å²) in [6.45, 7) is 13.4. The second-order valence-corrected chi connectivity index (χ2v) is 10.5. The standard InChI is InChI=1S/C21H35N3O4S/c1-16(2)14-19(23-29(26,27)18-8-6-17(3)7-9-18)20(25)22-15-21(4,5)24-10-12-28-13-11-24/h6-9,16,19,23H,10-15H2,1-5H3,(H,22,25)/t19-/m1/s1. The summed E-state index contributed by atoms with van der Waals surface area (Å²) in [6, 6.07) is 5.79.